The van der Waals surface area contributed by atoms with E-state index in [4.69, 9.17) is 16.7 Å². The van der Waals surface area contributed by atoms with Crippen LogP contribution >= 0.6 is 11.6 Å². The Morgan fingerprint density at radius 3 is 2.47 bits per heavy atom. The molecule has 3 aliphatic rings. The minimum absolute atomic E-state index is 0.0106. The summed E-state index contributed by atoms with van der Waals surface area (Å²) in [4.78, 5) is 40.9. The van der Waals surface area contributed by atoms with Gasteiger partial charge >= 0.3 is 5.97 Å². The zero-order valence-electron chi connectivity index (χ0n) is 19.2. The van der Waals surface area contributed by atoms with Crippen LogP contribution in [0, 0.1) is 17.8 Å². The minimum Gasteiger partial charge on any atom is -0.481 e. The van der Waals surface area contributed by atoms with E-state index in [9.17, 15) is 19.5 Å². The Kier molecular flexibility index (Phi) is 6.10. The highest BCUT2D eigenvalue weighted by Gasteiger charge is 2.60. The lowest BCUT2D eigenvalue weighted by molar-refractivity contribution is -0.141. The highest BCUT2D eigenvalue weighted by molar-refractivity contribution is 6.30. The van der Waals surface area contributed by atoms with Crippen LogP contribution in [-0.2, 0) is 9.59 Å². The maximum absolute atomic E-state index is 13.4. The summed E-state index contributed by atoms with van der Waals surface area (Å²) in [6.07, 6.45) is 4.11. The predicted octanol–water partition coefficient (Wildman–Crippen LogP) is 3.57. The van der Waals surface area contributed by atoms with E-state index in [0.717, 1.165) is 31.2 Å². The highest BCUT2D eigenvalue weighted by atomic mass is 35.5. The van der Waals surface area contributed by atoms with E-state index in [1.165, 1.54) is 0 Å². The number of rotatable bonds is 8. The van der Waals surface area contributed by atoms with E-state index in [1.54, 1.807) is 28.0 Å². The first-order valence-electron chi connectivity index (χ1n) is 12.0. The number of aromatic nitrogens is 2. The van der Waals surface area contributed by atoms with E-state index in [0.29, 0.717) is 36.0 Å². The van der Waals surface area contributed by atoms with Crippen LogP contribution in [0.25, 0.3) is 11.3 Å². The van der Waals surface area contributed by atoms with Crippen molar-refractivity contribution in [1.82, 2.24) is 19.6 Å². The molecule has 2 unspecified atom stereocenters. The standard InChI is InChI=1S/C25H29ClN4O4/c1-2-3-4-5-17-11-29(14-22(31)28-12-18-19(13-28)23(18)25(33)34)24(32)21-10-20(27-30(17)21)15-6-8-16(26)9-7-15/h6-10,17-19,23H,2-5,11-14H2,1H3,(H,33,34)/t17?,18-,19+,23?. The molecule has 2 aliphatic heterocycles. The third-order valence-corrected chi connectivity index (χ3v) is 7.71. The molecule has 1 aromatic carbocycles. The molecular formula is C25H29ClN4O4. The van der Waals surface area contributed by atoms with Crippen molar-refractivity contribution in [3.05, 3.63) is 41.0 Å². The Labute approximate surface area is 203 Å². The van der Waals surface area contributed by atoms with Gasteiger partial charge in [0.1, 0.15) is 12.2 Å². The van der Waals surface area contributed by atoms with Crippen LogP contribution in [0.4, 0.5) is 0 Å². The summed E-state index contributed by atoms with van der Waals surface area (Å²) in [7, 11) is 0. The van der Waals surface area contributed by atoms with Gasteiger partial charge in [0.15, 0.2) is 0 Å². The average Bonchev–Trinajstić information content (AvgIpc) is 3.13. The third kappa shape index (κ3) is 4.19. The molecule has 1 N–H and O–H groups in total. The highest BCUT2D eigenvalue weighted by Crippen LogP contribution is 2.51. The normalized spacial score (nSPS) is 25.3. The summed E-state index contributed by atoms with van der Waals surface area (Å²) in [5, 5.41) is 14.6. The molecule has 0 bridgehead atoms. The molecular weight excluding hydrogens is 456 g/mol. The maximum atomic E-state index is 13.4. The second-order valence-electron chi connectivity index (χ2n) is 9.69. The number of carbonyl (C=O) groups is 3. The van der Waals surface area contributed by atoms with Gasteiger partial charge in [0.25, 0.3) is 5.91 Å². The number of nitrogens with zero attached hydrogens (tertiary/aromatic N) is 4. The van der Waals surface area contributed by atoms with Gasteiger partial charge in [0.2, 0.25) is 5.91 Å². The molecule has 1 aliphatic carbocycles. The quantitative estimate of drug-likeness (QED) is 0.578. The molecule has 2 fully saturated rings. The van der Waals surface area contributed by atoms with Crippen LogP contribution in [0.2, 0.25) is 5.02 Å². The number of benzene rings is 1. The molecule has 9 heteroatoms. The number of piperidine rings is 1. The maximum Gasteiger partial charge on any atom is 0.307 e. The zero-order valence-corrected chi connectivity index (χ0v) is 19.9. The van der Waals surface area contributed by atoms with Gasteiger partial charge in [-0.2, -0.15) is 5.10 Å². The number of fused-ring (bicyclic) bond motifs is 2. The first-order valence-corrected chi connectivity index (χ1v) is 12.4. The molecule has 8 nitrogen and oxygen atoms in total. The number of carboxylic acid groups (broad SMARTS) is 1. The van der Waals surface area contributed by atoms with Crippen molar-refractivity contribution in [2.45, 2.75) is 38.6 Å². The Morgan fingerprint density at radius 2 is 1.82 bits per heavy atom. The van der Waals surface area contributed by atoms with Crippen molar-refractivity contribution in [1.29, 1.82) is 0 Å². The second-order valence-corrected chi connectivity index (χ2v) is 10.1. The number of carboxylic acids is 1. The molecule has 0 spiro atoms. The van der Waals surface area contributed by atoms with Gasteiger partial charge < -0.3 is 14.9 Å². The van der Waals surface area contributed by atoms with Gasteiger partial charge in [0, 0.05) is 30.2 Å². The van der Waals surface area contributed by atoms with Crippen LogP contribution in [0.1, 0.15) is 49.1 Å². The van der Waals surface area contributed by atoms with Crippen molar-refractivity contribution in [2.24, 2.45) is 17.8 Å². The molecule has 5 rings (SSSR count). The fourth-order valence-corrected chi connectivity index (χ4v) is 5.64. The summed E-state index contributed by atoms with van der Waals surface area (Å²) in [5.74, 6) is -1.27. The number of amides is 2. The van der Waals surface area contributed by atoms with Crippen molar-refractivity contribution in [3.63, 3.8) is 0 Å². The first kappa shape index (κ1) is 22.9. The van der Waals surface area contributed by atoms with Crippen molar-refractivity contribution >= 4 is 29.4 Å². The van der Waals surface area contributed by atoms with E-state index in [1.807, 2.05) is 16.8 Å². The molecule has 1 saturated heterocycles. The summed E-state index contributed by atoms with van der Waals surface area (Å²) in [5.41, 5.74) is 2.10. The average molecular weight is 485 g/mol. The van der Waals surface area contributed by atoms with Crippen LogP contribution in [0.5, 0.6) is 0 Å². The summed E-state index contributed by atoms with van der Waals surface area (Å²) < 4.78 is 1.84. The summed E-state index contributed by atoms with van der Waals surface area (Å²) in [6, 6.07) is 9.19. The van der Waals surface area contributed by atoms with Gasteiger partial charge in [-0.1, -0.05) is 49.9 Å². The number of unbranched alkanes of at least 4 members (excludes halogenated alkanes) is 2. The summed E-state index contributed by atoms with van der Waals surface area (Å²) >= 11 is 6.02. The Bertz CT molecular complexity index is 1100. The molecule has 180 valence electrons. The number of likely N-dealkylation sites (tertiary alicyclic amines) is 1. The fraction of sp³-hybridized carbons (Fsp3) is 0.520. The molecule has 4 atom stereocenters. The number of halogens is 1. The first-order chi connectivity index (χ1) is 16.4. The smallest absolute Gasteiger partial charge is 0.307 e. The topological polar surface area (TPSA) is 95.7 Å². The second kappa shape index (κ2) is 9.06. The number of aliphatic carboxylic acids is 1. The van der Waals surface area contributed by atoms with Crippen molar-refractivity contribution in [2.75, 3.05) is 26.2 Å². The van der Waals surface area contributed by atoms with Gasteiger partial charge in [-0.15, -0.1) is 0 Å². The van der Waals surface area contributed by atoms with E-state index in [2.05, 4.69) is 6.92 Å². The lowest BCUT2D eigenvalue weighted by Crippen LogP contribution is -2.48. The largest absolute Gasteiger partial charge is 0.481 e. The Morgan fingerprint density at radius 1 is 1.12 bits per heavy atom. The number of hydrogen-bond donors (Lipinski definition) is 1. The fourth-order valence-electron chi connectivity index (χ4n) is 5.51. The van der Waals surface area contributed by atoms with Crippen LogP contribution in [-0.4, -0.2) is 68.6 Å². The van der Waals surface area contributed by atoms with E-state index < -0.39 is 5.97 Å². The van der Waals surface area contributed by atoms with Gasteiger partial charge in [-0.05, 0) is 36.5 Å². The van der Waals surface area contributed by atoms with Gasteiger partial charge in [-0.25, -0.2) is 0 Å². The lowest BCUT2D eigenvalue weighted by Gasteiger charge is -2.34. The van der Waals surface area contributed by atoms with Gasteiger partial charge in [0.05, 0.1) is 17.7 Å². The Balaban J connectivity index is 1.33. The zero-order chi connectivity index (χ0) is 24.0. The van der Waals surface area contributed by atoms with Crippen molar-refractivity contribution < 1.29 is 19.5 Å². The predicted molar refractivity (Wildman–Crippen MR) is 126 cm³/mol. The van der Waals surface area contributed by atoms with E-state index >= 15 is 0 Å². The third-order valence-electron chi connectivity index (χ3n) is 7.46. The molecule has 1 saturated carbocycles. The van der Waals surface area contributed by atoms with Crippen LogP contribution < -0.4 is 0 Å². The molecule has 3 heterocycles. The van der Waals surface area contributed by atoms with Gasteiger partial charge in [-0.3, -0.25) is 19.1 Å². The monoisotopic (exact) mass is 484 g/mol. The van der Waals surface area contributed by atoms with Crippen LogP contribution in [0.3, 0.4) is 0 Å². The lowest BCUT2D eigenvalue weighted by atomic mass is 10.0. The van der Waals surface area contributed by atoms with Crippen molar-refractivity contribution in [3.8, 4) is 11.3 Å². The summed E-state index contributed by atoms with van der Waals surface area (Å²) in [6.45, 7) is 3.56. The molecule has 0 radical (unpaired) electrons. The van der Waals surface area contributed by atoms with E-state index in [-0.39, 0.29) is 42.2 Å². The molecule has 2 amide bonds. The molecule has 34 heavy (non-hydrogen) atoms. The number of hydrogen-bond acceptors (Lipinski definition) is 4. The number of carbonyl (C=O) groups excluding carboxylic acids is 2. The SMILES string of the molecule is CCCCCC1CN(CC(=O)N2C[C@@H]3C(C(=O)O)[C@@H]3C2)C(=O)c2cc(-c3ccc(Cl)cc3)nn21. The molecule has 2 aromatic rings. The molecule has 1 aromatic heterocycles. The minimum atomic E-state index is -0.770. The van der Waals surface area contributed by atoms with Crippen LogP contribution in [0.15, 0.2) is 30.3 Å². The Hall–Kier alpha value is -2.87.